The van der Waals surface area contributed by atoms with E-state index < -0.39 is 0 Å². The Balaban J connectivity index is 2.20. The minimum atomic E-state index is 0.181. The topological polar surface area (TPSA) is 26.3 Å². The molecule has 0 atom stereocenters. The lowest BCUT2D eigenvalue weighted by molar-refractivity contribution is -0.114. The lowest BCUT2D eigenvalue weighted by atomic mass is 10.3. The highest BCUT2D eigenvalue weighted by atomic mass is 16.5. The van der Waals surface area contributed by atoms with E-state index in [1.807, 2.05) is 6.92 Å². The van der Waals surface area contributed by atoms with Crippen LogP contribution >= 0.6 is 0 Å². The first-order chi connectivity index (χ1) is 5.68. The first-order valence-corrected chi connectivity index (χ1v) is 4.19. The van der Waals surface area contributed by atoms with E-state index in [2.05, 4.69) is 6.58 Å². The van der Waals surface area contributed by atoms with Gasteiger partial charge in [-0.15, -0.1) is 6.58 Å². The molecule has 0 aromatic carbocycles. The van der Waals surface area contributed by atoms with Crippen molar-refractivity contribution in [3.05, 3.63) is 24.0 Å². The summed E-state index contributed by atoms with van der Waals surface area (Å²) in [5.74, 6) is 1.02. The van der Waals surface area contributed by atoms with Crippen molar-refractivity contribution in [2.45, 2.75) is 26.2 Å². The average molecular weight is 166 g/mol. The molecule has 2 nitrogen and oxygen atoms in total. The summed E-state index contributed by atoms with van der Waals surface area (Å²) < 4.78 is 5.36. The minimum absolute atomic E-state index is 0.181. The first-order valence-electron chi connectivity index (χ1n) is 4.19. The fourth-order valence-corrected chi connectivity index (χ4v) is 1.04. The van der Waals surface area contributed by atoms with Crippen molar-refractivity contribution in [1.29, 1.82) is 0 Å². The van der Waals surface area contributed by atoms with Crippen LogP contribution in [0.1, 0.15) is 26.2 Å². The second kappa shape index (κ2) is 4.10. The van der Waals surface area contributed by atoms with Gasteiger partial charge in [0.25, 0.3) is 0 Å². The van der Waals surface area contributed by atoms with Gasteiger partial charge in [0.15, 0.2) is 5.78 Å². The van der Waals surface area contributed by atoms with Crippen LogP contribution in [0, 0.1) is 0 Å². The maximum absolute atomic E-state index is 10.8. The molecule has 0 aromatic heterocycles. The van der Waals surface area contributed by atoms with Crippen molar-refractivity contribution >= 4 is 5.78 Å². The van der Waals surface area contributed by atoms with Gasteiger partial charge < -0.3 is 4.74 Å². The van der Waals surface area contributed by atoms with Gasteiger partial charge in [-0.3, -0.25) is 4.79 Å². The number of ketones is 1. The molecule has 0 radical (unpaired) electrons. The van der Waals surface area contributed by atoms with E-state index in [4.69, 9.17) is 4.74 Å². The molecule has 0 spiro atoms. The molecule has 0 aliphatic heterocycles. The molecule has 0 saturated carbocycles. The normalized spacial score (nSPS) is 16.1. The molecule has 0 aromatic rings. The molecule has 0 heterocycles. The van der Waals surface area contributed by atoms with Crippen molar-refractivity contribution < 1.29 is 9.53 Å². The summed E-state index contributed by atoms with van der Waals surface area (Å²) in [4.78, 5) is 10.8. The summed E-state index contributed by atoms with van der Waals surface area (Å²) in [6.45, 7) is 6.38. The van der Waals surface area contributed by atoms with E-state index in [1.165, 1.54) is 0 Å². The molecule has 2 heteroatoms. The zero-order valence-corrected chi connectivity index (χ0v) is 7.43. The quantitative estimate of drug-likeness (QED) is 0.598. The Bertz CT molecular complexity index is 226. The van der Waals surface area contributed by atoms with E-state index in [0.717, 1.165) is 24.2 Å². The second-order valence-corrected chi connectivity index (χ2v) is 3.13. The van der Waals surface area contributed by atoms with Crippen molar-refractivity contribution in [1.82, 2.24) is 0 Å². The Kier molecular flexibility index (Phi) is 3.09. The number of carbonyl (C=O) groups is 1. The van der Waals surface area contributed by atoms with Crippen LogP contribution in [0.15, 0.2) is 24.0 Å². The first kappa shape index (κ1) is 9.04. The monoisotopic (exact) mass is 166 g/mol. The van der Waals surface area contributed by atoms with Gasteiger partial charge >= 0.3 is 0 Å². The predicted octanol–water partition coefficient (Wildman–Crippen LogP) is 2.22. The molecule has 66 valence electrons. The van der Waals surface area contributed by atoms with Crippen LogP contribution in [-0.4, -0.2) is 12.4 Å². The highest BCUT2D eigenvalue weighted by molar-refractivity contribution is 5.92. The van der Waals surface area contributed by atoms with Crippen LogP contribution in [0.3, 0.4) is 0 Å². The van der Waals surface area contributed by atoms with Gasteiger partial charge in [-0.2, -0.15) is 0 Å². The van der Waals surface area contributed by atoms with Crippen LogP contribution in [-0.2, 0) is 9.53 Å². The van der Waals surface area contributed by atoms with Gasteiger partial charge in [0.1, 0.15) is 0 Å². The predicted molar refractivity (Wildman–Crippen MR) is 47.7 cm³/mol. The van der Waals surface area contributed by atoms with E-state index >= 15 is 0 Å². The number of allylic oxidation sites excluding steroid dienone is 2. The Morgan fingerprint density at radius 2 is 2.42 bits per heavy atom. The summed E-state index contributed by atoms with van der Waals surface area (Å²) in [6.07, 6.45) is 3.85. The maximum atomic E-state index is 10.8. The molecular formula is C10H14O2. The van der Waals surface area contributed by atoms with Crippen LogP contribution in [0.2, 0.25) is 0 Å². The lowest BCUT2D eigenvalue weighted by Gasteiger charge is -2.04. The lowest BCUT2D eigenvalue weighted by Crippen LogP contribution is -1.92. The van der Waals surface area contributed by atoms with Gasteiger partial charge in [-0.1, -0.05) is 5.57 Å². The molecule has 0 saturated heterocycles. The van der Waals surface area contributed by atoms with Crippen molar-refractivity contribution in [2.24, 2.45) is 0 Å². The third-order valence-corrected chi connectivity index (χ3v) is 1.76. The standard InChI is InChI=1S/C10H14O2/c1-8(2)5-6-12-10-4-3-9(11)7-10/h7H,1,3-6H2,2H3. The van der Waals surface area contributed by atoms with Gasteiger partial charge in [0.2, 0.25) is 0 Å². The summed E-state index contributed by atoms with van der Waals surface area (Å²) >= 11 is 0. The Labute approximate surface area is 72.9 Å². The number of rotatable bonds is 4. The highest BCUT2D eigenvalue weighted by Gasteiger charge is 2.12. The number of ether oxygens (including phenoxy) is 1. The molecule has 1 aliphatic carbocycles. The zero-order chi connectivity index (χ0) is 8.97. The summed E-state index contributed by atoms with van der Waals surface area (Å²) in [7, 11) is 0. The van der Waals surface area contributed by atoms with Crippen molar-refractivity contribution in [2.75, 3.05) is 6.61 Å². The van der Waals surface area contributed by atoms with Crippen molar-refractivity contribution in [3.8, 4) is 0 Å². The summed E-state index contributed by atoms with van der Waals surface area (Å²) in [5, 5.41) is 0. The number of hydrogen-bond donors (Lipinski definition) is 0. The molecule has 0 amide bonds. The Hall–Kier alpha value is -1.05. The molecule has 12 heavy (non-hydrogen) atoms. The van der Waals surface area contributed by atoms with Gasteiger partial charge in [0.05, 0.1) is 12.4 Å². The molecule has 1 rings (SSSR count). The SMILES string of the molecule is C=C(C)CCOC1=CC(=O)CC1. The fourth-order valence-electron chi connectivity index (χ4n) is 1.04. The van der Waals surface area contributed by atoms with E-state index in [9.17, 15) is 4.79 Å². The highest BCUT2D eigenvalue weighted by Crippen LogP contribution is 2.16. The summed E-state index contributed by atoms with van der Waals surface area (Å²) in [5.41, 5.74) is 1.11. The average Bonchev–Trinajstić information content (AvgIpc) is 2.35. The van der Waals surface area contributed by atoms with Crippen LogP contribution in [0.25, 0.3) is 0 Å². The third-order valence-electron chi connectivity index (χ3n) is 1.76. The minimum Gasteiger partial charge on any atom is -0.497 e. The smallest absolute Gasteiger partial charge is 0.159 e. The Morgan fingerprint density at radius 1 is 1.67 bits per heavy atom. The molecule has 1 aliphatic rings. The van der Waals surface area contributed by atoms with E-state index in [1.54, 1.807) is 6.08 Å². The molecule has 0 unspecified atom stereocenters. The molecule has 0 N–H and O–H groups in total. The number of hydrogen-bond acceptors (Lipinski definition) is 2. The third kappa shape index (κ3) is 2.91. The molecule has 0 fully saturated rings. The Morgan fingerprint density at radius 3 is 2.92 bits per heavy atom. The fraction of sp³-hybridized carbons (Fsp3) is 0.500. The van der Waals surface area contributed by atoms with Crippen LogP contribution < -0.4 is 0 Å². The van der Waals surface area contributed by atoms with Gasteiger partial charge in [-0.05, 0) is 6.92 Å². The molecular weight excluding hydrogens is 152 g/mol. The van der Waals surface area contributed by atoms with Crippen LogP contribution in [0.4, 0.5) is 0 Å². The van der Waals surface area contributed by atoms with Crippen molar-refractivity contribution in [3.63, 3.8) is 0 Å². The van der Waals surface area contributed by atoms with Gasteiger partial charge in [-0.25, -0.2) is 0 Å². The summed E-state index contributed by atoms with van der Waals surface area (Å²) in [6, 6.07) is 0. The second-order valence-electron chi connectivity index (χ2n) is 3.13. The zero-order valence-electron chi connectivity index (χ0n) is 7.43. The van der Waals surface area contributed by atoms with Crippen LogP contribution in [0.5, 0.6) is 0 Å². The van der Waals surface area contributed by atoms with E-state index in [0.29, 0.717) is 13.0 Å². The number of carbonyl (C=O) groups excluding carboxylic acids is 1. The maximum Gasteiger partial charge on any atom is 0.159 e. The largest absolute Gasteiger partial charge is 0.497 e. The molecule has 0 bridgehead atoms. The van der Waals surface area contributed by atoms with Gasteiger partial charge in [0, 0.05) is 25.3 Å². The van der Waals surface area contributed by atoms with E-state index in [-0.39, 0.29) is 5.78 Å².